The highest BCUT2D eigenvalue weighted by molar-refractivity contribution is 6.88. The largest absolute Gasteiger partial charge is 0.466 e. The van der Waals surface area contributed by atoms with Crippen molar-refractivity contribution in [3.05, 3.63) is 58.8 Å². The third kappa shape index (κ3) is 5.78. The normalized spacial score (nSPS) is 18.0. The predicted octanol–water partition coefficient (Wildman–Crippen LogP) is 6.13. The summed E-state index contributed by atoms with van der Waals surface area (Å²) in [4.78, 5) is 37.5. The molecule has 0 radical (unpaired) electrons. The molecule has 0 bridgehead atoms. The van der Waals surface area contributed by atoms with Gasteiger partial charge in [0.05, 0.1) is 25.2 Å². The Morgan fingerprint density at radius 1 is 1.19 bits per heavy atom. The maximum Gasteiger partial charge on any atom is 0.305 e. The molecule has 1 atom stereocenters. The molecule has 0 saturated carbocycles. The highest BCUT2D eigenvalue weighted by atomic mass is 28.3. The van der Waals surface area contributed by atoms with Crippen molar-refractivity contribution >= 4 is 39.0 Å². The van der Waals surface area contributed by atoms with Crippen molar-refractivity contribution in [2.45, 2.75) is 76.4 Å². The van der Waals surface area contributed by atoms with Crippen LogP contribution in [0.15, 0.2) is 43.0 Å². The molecule has 1 aliphatic heterocycles. The summed E-state index contributed by atoms with van der Waals surface area (Å²) < 4.78 is 7.33. The monoisotopic (exact) mass is 526 g/mol. The summed E-state index contributed by atoms with van der Waals surface area (Å²) in [6, 6.07) is 9.52. The van der Waals surface area contributed by atoms with Gasteiger partial charge < -0.3 is 4.74 Å². The summed E-state index contributed by atoms with van der Waals surface area (Å²) in [6.07, 6.45) is 3.27. The Kier molecular flexibility index (Phi) is 7.95. The number of hydrogen-bond donors (Lipinski definition) is 0. The SMILES string of the molecule is C=C[C@]1(CCC(=O)OCC[Si](C)(C)C)CCC(=O)n2c([Si](C)(C)C)cc(-c3ccccc3[N+](=O)[O-])c21. The summed E-state index contributed by atoms with van der Waals surface area (Å²) in [7, 11) is -3.33. The van der Waals surface area contributed by atoms with Gasteiger partial charge in [0.2, 0.25) is 5.91 Å². The number of carbonyl (C=O) groups is 2. The van der Waals surface area contributed by atoms with Gasteiger partial charge in [-0.05, 0) is 31.0 Å². The molecule has 0 fully saturated rings. The Morgan fingerprint density at radius 3 is 2.44 bits per heavy atom. The molecule has 1 aliphatic rings. The fourth-order valence-electron chi connectivity index (χ4n) is 4.85. The van der Waals surface area contributed by atoms with Gasteiger partial charge in [0.1, 0.15) is 0 Å². The lowest BCUT2D eigenvalue weighted by molar-refractivity contribution is -0.384. The van der Waals surface area contributed by atoms with Crippen LogP contribution in [0.2, 0.25) is 45.3 Å². The van der Waals surface area contributed by atoms with Gasteiger partial charge in [-0.25, -0.2) is 0 Å². The first-order chi connectivity index (χ1) is 16.7. The summed E-state index contributed by atoms with van der Waals surface area (Å²) in [5, 5.41) is 12.8. The van der Waals surface area contributed by atoms with Crippen LogP contribution in [0.1, 0.15) is 36.2 Å². The molecule has 0 unspecified atom stereocenters. The zero-order chi connectivity index (χ0) is 26.9. The van der Waals surface area contributed by atoms with Crippen LogP contribution in [0, 0.1) is 10.1 Å². The number of hydrogen-bond acceptors (Lipinski definition) is 5. The molecular weight excluding hydrogens is 488 g/mol. The van der Waals surface area contributed by atoms with Crippen molar-refractivity contribution in [1.29, 1.82) is 0 Å². The third-order valence-corrected chi connectivity index (χ3v) is 10.6. The quantitative estimate of drug-likeness (QED) is 0.122. The zero-order valence-electron chi connectivity index (χ0n) is 22.3. The van der Waals surface area contributed by atoms with Gasteiger partial charge in [-0.15, -0.1) is 6.58 Å². The molecule has 2 heterocycles. The van der Waals surface area contributed by atoms with E-state index in [-0.39, 0.29) is 28.9 Å². The molecule has 0 spiro atoms. The van der Waals surface area contributed by atoms with E-state index in [9.17, 15) is 19.7 Å². The topological polar surface area (TPSA) is 91.4 Å². The van der Waals surface area contributed by atoms with E-state index >= 15 is 0 Å². The Bertz CT molecular complexity index is 1190. The number of benzene rings is 1. The molecular formula is C27H38N2O5Si2. The maximum absolute atomic E-state index is 13.3. The number of nitrogens with zero attached hydrogens (tertiary/aromatic N) is 2. The zero-order valence-corrected chi connectivity index (χ0v) is 24.3. The van der Waals surface area contributed by atoms with Crippen molar-refractivity contribution in [2.75, 3.05) is 6.61 Å². The molecule has 9 heteroatoms. The van der Waals surface area contributed by atoms with Crippen LogP contribution in [-0.4, -0.2) is 44.1 Å². The number of nitro groups is 1. The lowest BCUT2D eigenvalue weighted by Gasteiger charge is -2.37. The van der Waals surface area contributed by atoms with Crippen molar-refractivity contribution < 1.29 is 19.2 Å². The lowest BCUT2D eigenvalue weighted by Crippen LogP contribution is -2.48. The van der Waals surface area contributed by atoms with E-state index in [1.54, 1.807) is 22.8 Å². The van der Waals surface area contributed by atoms with Crippen LogP contribution in [0.3, 0.4) is 0 Å². The van der Waals surface area contributed by atoms with Crippen LogP contribution >= 0.6 is 0 Å². The molecule has 0 aliphatic carbocycles. The van der Waals surface area contributed by atoms with Crippen molar-refractivity contribution in [2.24, 2.45) is 0 Å². The first-order valence-electron chi connectivity index (χ1n) is 12.5. The molecule has 2 aromatic rings. The Labute approximate surface area is 215 Å². The van der Waals surface area contributed by atoms with Crippen LogP contribution in [-0.2, 0) is 14.9 Å². The van der Waals surface area contributed by atoms with Gasteiger partial charge in [0.25, 0.3) is 5.69 Å². The van der Waals surface area contributed by atoms with Crippen molar-refractivity contribution in [1.82, 2.24) is 4.57 Å². The molecule has 0 N–H and O–H groups in total. The van der Waals surface area contributed by atoms with Crippen molar-refractivity contribution in [3.8, 4) is 11.1 Å². The first-order valence-corrected chi connectivity index (χ1v) is 19.7. The van der Waals surface area contributed by atoms with E-state index in [0.29, 0.717) is 37.0 Å². The number of carbonyl (C=O) groups excluding carboxylic acids is 2. The Hall–Kier alpha value is -2.79. The highest BCUT2D eigenvalue weighted by Crippen LogP contribution is 2.46. The number of nitro benzene ring substituents is 1. The minimum atomic E-state index is -2.02. The predicted molar refractivity (Wildman–Crippen MR) is 150 cm³/mol. The van der Waals surface area contributed by atoms with Gasteiger partial charge in [0.15, 0.2) is 0 Å². The smallest absolute Gasteiger partial charge is 0.305 e. The number of esters is 1. The average Bonchev–Trinajstić information content (AvgIpc) is 3.21. The van der Waals surface area contributed by atoms with Crippen LogP contribution in [0.5, 0.6) is 0 Å². The second kappa shape index (κ2) is 10.3. The number of allylic oxidation sites excluding steroid dienone is 1. The summed E-state index contributed by atoms with van der Waals surface area (Å²) in [5.74, 6) is -0.274. The van der Waals surface area contributed by atoms with E-state index in [4.69, 9.17) is 4.74 Å². The van der Waals surface area contributed by atoms with E-state index < -0.39 is 21.6 Å². The van der Waals surface area contributed by atoms with Gasteiger partial charge in [-0.2, -0.15) is 0 Å². The fraction of sp³-hybridized carbons (Fsp3) is 0.481. The summed E-state index contributed by atoms with van der Waals surface area (Å²) in [6.45, 7) is 17.7. The molecule has 194 valence electrons. The second-order valence-corrected chi connectivity index (χ2v) is 22.6. The minimum Gasteiger partial charge on any atom is -0.466 e. The van der Waals surface area contributed by atoms with Crippen molar-refractivity contribution in [3.63, 3.8) is 0 Å². The standard InChI is InChI=1S/C27H38N2O5Si2/c1-8-27(16-14-25(31)34-17-18-35(2,3)4)15-13-23(30)28-24(36(5,6)7)19-21(26(27)28)20-11-9-10-12-22(20)29(32)33/h8-12,19H,1,13-18H2,2-7H3/t27-/m1/s1. The van der Waals surface area contributed by atoms with Gasteiger partial charge in [0, 0.05) is 49.0 Å². The molecule has 1 aromatic heterocycles. The lowest BCUT2D eigenvalue weighted by atomic mass is 9.72. The second-order valence-electron chi connectivity index (χ2n) is 11.9. The van der Waals surface area contributed by atoms with E-state index in [1.165, 1.54) is 6.07 Å². The van der Waals surface area contributed by atoms with E-state index in [0.717, 1.165) is 17.1 Å². The van der Waals surface area contributed by atoms with Crippen LogP contribution in [0.4, 0.5) is 5.69 Å². The first kappa shape index (κ1) is 27.8. The third-order valence-electron chi connectivity index (χ3n) is 6.95. The molecule has 7 nitrogen and oxygen atoms in total. The molecule has 0 saturated heterocycles. The average molecular weight is 527 g/mol. The Balaban J connectivity index is 2.11. The van der Waals surface area contributed by atoms with Crippen LogP contribution in [0.25, 0.3) is 11.1 Å². The van der Waals surface area contributed by atoms with Gasteiger partial charge >= 0.3 is 5.97 Å². The minimum absolute atomic E-state index is 0.00485. The number of rotatable bonds is 10. The summed E-state index contributed by atoms with van der Waals surface area (Å²) in [5.41, 5.74) is 1.20. The summed E-state index contributed by atoms with van der Waals surface area (Å²) >= 11 is 0. The molecule has 1 aromatic carbocycles. The van der Waals surface area contributed by atoms with Crippen LogP contribution < -0.4 is 5.32 Å². The maximum atomic E-state index is 13.3. The van der Waals surface area contributed by atoms with E-state index in [1.807, 2.05) is 12.1 Å². The number of fused-ring (bicyclic) bond motifs is 1. The number of ether oxygens (including phenoxy) is 1. The fourth-order valence-corrected chi connectivity index (χ4v) is 7.05. The molecule has 3 rings (SSSR count). The van der Waals surface area contributed by atoms with E-state index in [2.05, 4.69) is 45.9 Å². The van der Waals surface area contributed by atoms with Gasteiger partial charge in [-0.3, -0.25) is 24.3 Å². The molecule has 0 amide bonds. The highest BCUT2D eigenvalue weighted by Gasteiger charge is 2.44. The number of para-hydroxylation sites is 1. The molecule has 36 heavy (non-hydrogen) atoms. The van der Waals surface area contributed by atoms with Gasteiger partial charge in [-0.1, -0.05) is 57.5 Å². The number of aromatic nitrogens is 1. The Morgan fingerprint density at radius 2 is 1.86 bits per heavy atom.